The summed E-state index contributed by atoms with van der Waals surface area (Å²) in [5.41, 5.74) is 5.32. The molecule has 0 radical (unpaired) electrons. The molecule has 0 saturated heterocycles. The fourth-order valence-electron chi connectivity index (χ4n) is 5.09. The van der Waals surface area contributed by atoms with Crippen molar-refractivity contribution in [1.82, 2.24) is 10.2 Å². The van der Waals surface area contributed by atoms with E-state index >= 15 is 0 Å². The van der Waals surface area contributed by atoms with Gasteiger partial charge in [-0.05, 0) is 40.2 Å². The summed E-state index contributed by atoms with van der Waals surface area (Å²) in [5.74, 6) is -1.26. The molecule has 2 aliphatic carbocycles. The number of aliphatic carboxylic acids is 1. The summed E-state index contributed by atoms with van der Waals surface area (Å²) >= 11 is 0. The number of ether oxygens (including phenoxy) is 1. The van der Waals surface area contributed by atoms with Crippen LogP contribution in [0.15, 0.2) is 78.9 Å². The lowest BCUT2D eigenvalue weighted by atomic mass is 9.98. The van der Waals surface area contributed by atoms with Crippen LogP contribution in [0.3, 0.4) is 0 Å². The van der Waals surface area contributed by atoms with Crippen molar-refractivity contribution in [3.05, 3.63) is 95.6 Å². The lowest BCUT2D eigenvalue weighted by Crippen LogP contribution is -2.50. The maximum atomic E-state index is 13.5. The fourth-order valence-corrected chi connectivity index (χ4v) is 5.09. The summed E-state index contributed by atoms with van der Waals surface area (Å²) < 4.78 is 5.66. The van der Waals surface area contributed by atoms with E-state index in [0.29, 0.717) is 12.3 Å². The van der Waals surface area contributed by atoms with Gasteiger partial charge in [0.1, 0.15) is 19.2 Å². The molecule has 1 unspecified atom stereocenters. The molecule has 190 valence electrons. The van der Waals surface area contributed by atoms with Gasteiger partial charge < -0.3 is 20.1 Å². The zero-order valence-corrected chi connectivity index (χ0v) is 20.5. The highest BCUT2D eigenvalue weighted by atomic mass is 16.5. The Morgan fingerprint density at radius 3 is 2.08 bits per heavy atom. The molecule has 3 aromatic carbocycles. The summed E-state index contributed by atoms with van der Waals surface area (Å²) in [6.07, 6.45) is 1.78. The first-order valence-corrected chi connectivity index (χ1v) is 12.7. The lowest BCUT2D eigenvalue weighted by molar-refractivity contribution is -0.145. The van der Waals surface area contributed by atoms with Gasteiger partial charge in [-0.1, -0.05) is 91.7 Å². The second kappa shape index (κ2) is 10.9. The largest absolute Gasteiger partial charge is 0.480 e. The number of benzene rings is 3. The number of hydrogen-bond acceptors (Lipinski definition) is 4. The highest BCUT2D eigenvalue weighted by Gasteiger charge is 2.35. The molecule has 0 spiro atoms. The zero-order valence-electron chi connectivity index (χ0n) is 20.5. The van der Waals surface area contributed by atoms with E-state index in [1.54, 1.807) is 0 Å². The standard InChI is InChI=1S/C30H30N2O5/c33-28(34)18-32(17-21-8-2-1-3-9-21)29(35)27(16-20-14-15-20)31-30(36)37-19-26-24-12-6-4-10-22(24)23-11-5-7-13-25(23)26/h1-13,20,26-27H,14-19H2,(H,31,36)(H,33,34). The van der Waals surface area contributed by atoms with Crippen molar-refractivity contribution in [3.8, 4) is 11.1 Å². The Morgan fingerprint density at radius 2 is 1.49 bits per heavy atom. The van der Waals surface area contributed by atoms with Crippen molar-refractivity contribution in [2.24, 2.45) is 5.92 Å². The third kappa shape index (κ3) is 5.82. The molecular formula is C30H30N2O5. The second-order valence-electron chi connectivity index (χ2n) is 9.78. The molecule has 7 heteroatoms. The average Bonchev–Trinajstić information content (AvgIpc) is 3.67. The van der Waals surface area contributed by atoms with Crippen molar-refractivity contribution in [3.63, 3.8) is 0 Å². The monoisotopic (exact) mass is 498 g/mol. The van der Waals surface area contributed by atoms with Gasteiger partial charge in [-0.2, -0.15) is 0 Å². The van der Waals surface area contributed by atoms with Crippen LogP contribution in [-0.4, -0.2) is 47.2 Å². The van der Waals surface area contributed by atoms with Gasteiger partial charge in [-0.3, -0.25) is 9.59 Å². The first kappa shape index (κ1) is 24.6. The SMILES string of the molecule is O=C(O)CN(Cc1ccccc1)C(=O)C(CC1CC1)NC(=O)OCC1c2ccccc2-c2ccccc21. The number of carboxylic acid groups (broad SMARTS) is 1. The molecule has 2 amide bonds. The van der Waals surface area contributed by atoms with Crippen LogP contribution >= 0.6 is 0 Å². The van der Waals surface area contributed by atoms with Crippen LogP contribution in [0.4, 0.5) is 4.79 Å². The van der Waals surface area contributed by atoms with Gasteiger partial charge in [-0.15, -0.1) is 0 Å². The van der Waals surface area contributed by atoms with Crippen LogP contribution in [0.2, 0.25) is 0 Å². The van der Waals surface area contributed by atoms with Gasteiger partial charge in [0.25, 0.3) is 0 Å². The highest BCUT2D eigenvalue weighted by Crippen LogP contribution is 2.44. The second-order valence-corrected chi connectivity index (χ2v) is 9.78. The summed E-state index contributed by atoms with van der Waals surface area (Å²) in [6, 6.07) is 24.6. The minimum atomic E-state index is -1.10. The summed E-state index contributed by atoms with van der Waals surface area (Å²) in [7, 11) is 0. The fraction of sp³-hybridized carbons (Fsp3) is 0.300. The van der Waals surface area contributed by atoms with Gasteiger partial charge in [0.05, 0.1) is 0 Å². The molecule has 2 aliphatic rings. The third-order valence-corrected chi connectivity index (χ3v) is 7.05. The zero-order chi connectivity index (χ0) is 25.8. The van der Waals surface area contributed by atoms with Gasteiger partial charge >= 0.3 is 12.1 Å². The number of hydrogen-bond donors (Lipinski definition) is 2. The molecule has 0 aromatic heterocycles. The molecular weight excluding hydrogens is 468 g/mol. The normalized spacial score (nSPS) is 14.8. The van der Waals surface area contributed by atoms with Crippen molar-refractivity contribution in [2.75, 3.05) is 13.2 Å². The molecule has 1 fully saturated rings. The number of carboxylic acids is 1. The van der Waals surface area contributed by atoms with E-state index in [2.05, 4.69) is 17.4 Å². The minimum absolute atomic E-state index is 0.0858. The Balaban J connectivity index is 1.27. The molecule has 3 aromatic rings. The van der Waals surface area contributed by atoms with Crippen LogP contribution in [0, 0.1) is 5.92 Å². The van der Waals surface area contributed by atoms with Crippen molar-refractivity contribution in [1.29, 1.82) is 0 Å². The number of alkyl carbamates (subject to hydrolysis) is 1. The van der Waals surface area contributed by atoms with Gasteiger partial charge in [0, 0.05) is 12.5 Å². The smallest absolute Gasteiger partial charge is 0.407 e. The van der Waals surface area contributed by atoms with E-state index in [0.717, 1.165) is 40.7 Å². The topological polar surface area (TPSA) is 95.9 Å². The highest BCUT2D eigenvalue weighted by molar-refractivity contribution is 5.88. The third-order valence-electron chi connectivity index (χ3n) is 7.05. The van der Waals surface area contributed by atoms with Crippen LogP contribution in [0.1, 0.15) is 41.9 Å². The number of nitrogens with one attached hydrogen (secondary N) is 1. The molecule has 2 N–H and O–H groups in total. The Labute approximate surface area is 216 Å². The molecule has 1 atom stereocenters. The van der Waals surface area contributed by atoms with Crippen LogP contribution in [-0.2, 0) is 20.9 Å². The van der Waals surface area contributed by atoms with Gasteiger partial charge in [0.2, 0.25) is 5.91 Å². The van der Waals surface area contributed by atoms with E-state index in [1.807, 2.05) is 66.7 Å². The van der Waals surface area contributed by atoms with Crippen LogP contribution in [0.5, 0.6) is 0 Å². The average molecular weight is 499 g/mol. The first-order valence-electron chi connectivity index (χ1n) is 12.7. The summed E-state index contributed by atoms with van der Waals surface area (Å²) in [5, 5.41) is 12.2. The lowest BCUT2D eigenvalue weighted by Gasteiger charge is -2.27. The quantitative estimate of drug-likeness (QED) is 0.418. The van der Waals surface area contributed by atoms with Crippen molar-refractivity contribution >= 4 is 18.0 Å². The number of carbonyl (C=O) groups is 3. The Morgan fingerprint density at radius 1 is 0.892 bits per heavy atom. The molecule has 0 aliphatic heterocycles. The predicted molar refractivity (Wildman–Crippen MR) is 139 cm³/mol. The number of carbonyl (C=O) groups excluding carboxylic acids is 2. The van der Waals surface area contributed by atoms with E-state index in [9.17, 15) is 19.5 Å². The Kier molecular flexibility index (Phi) is 7.21. The molecule has 37 heavy (non-hydrogen) atoms. The van der Waals surface area contributed by atoms with Crippen LogP contribution in [0.25, 0.3) is 11.1 Å². The molecule has 0 heterocycles. The van der Waals surface area contributed by atoms with E-state index < -0.39 is 30.6 Å². The first-order chi connectivity index (χ1) is 18.0. The maximum absolute atomic E-state index is 13.5. The van der Waals surface area contributed by atoms with Crippen molar-refractivity contribution in [2.45, 2.75) is 37.8 Å². The van der Waals surface area contributed by atoms with E-state index in [4.69, 9.17) is 4.74 Å². The van der Waals surface area contributed by atoms with E-state index in [1.165, 1.54) is 4.90 Å². The van der Waals surface area contributed by atoms with E-state index in [-0.39, 0.29) is 19.1 Å². The Hall–Kier alpha value is -4.13. The van der Waals surface area contributed by atoms with Gasteiger partial charge in [0.15, 0.2) is 0 Å². The number of amides is 2. The van der Waals surface area contributed by atoms with Crippen molar-refractivity contribution < 1.29 is 24.2 Å². The van der Waals surface area contributed by atoms with Crippen LogP contribution < -0.4 is 5.32 Å². The number of rotatable bonds is 10. The number of fused-ring (bicyclic) bond motifs is 3. The molecule has 1 saturated carbocycles. The predicted octanol–water partition coefficient (Wildman–Crippen LogP) is 4.81. The number of nitrogens with zero attached hydrogens (tertiary/aromatic N) is 1. The molecule has 5 rings (SSSR count). The minimum Gasteiger partial charge on any atom is -0.480 e. The summed E-state index contributed by atoms with van der Waals surface area (Å²) in [4.78, 5) is 39.2. The molecule has 7 nitrogen and oxygen atoms in total. The maximum Gasteiger partial charge on any atom is 0.407 e. The van der Waals surface area contributed by atoms with Gasteiger partial charge in [-0.25, -0.2) is 4.79 Å². The molecule has 0 bridgehead atoms. The summed E-state index contributed by atoms with van der Waals surface area (Å²) in [6.45, 7) is -0.145. The Bertz CT molecular complexity index is 1240.